The van der Waals surface area contributed by atoms with Gasteiger partial charge in [-0.2, -0.15) is 0 Å². The molecule has 0 heterocycles. The van der Waals surface area contributed by atoms with Gasteiger partial charge in [0.25, 0.3) is 0 Å². The number of rotatable bonds is 8. The van der Waals surface area contributed by atoms with E-state index in [1.54, 1.807) is 0 Å². The molecular formula is C8H18N2O3. The first-order chi connectivity index (χ1) is 6.18. The van der Waals surface area contributed by atoms with Gasteiger partial charge in [0.05, 0.1) is 19.3 Å². The number of nitrogens with two attached hydrogens (primary N) is 2. The van der Waals surface area contributed by atoms with Gasteiger partial charge in [0.15, 0.2) is 0 Å². The maximum absolute atomic E-state index is 10.5. The summed E-state index contributed by atoms with van der Waals surface area (Å²) in [6.07, 6.45) is 0.460. The lowest BCUT2D eigenvalue weighted by molar-refractivity contribution is -0.119. The van der Waals surface area contributed by atoms with Crippen LogP contribution >= 0.6 is 0 Å². The summed E-state index contributed by atoms with van der Waals surface area (Å²) < 4.78 is 10.2. The third kappa shape index (κ3) is 7.70. The lowest BCUT2D eigenvalue weighted by Gasteiger charge is -2.07. The molecule has 1 amide bonds. The van der Waals surface area contributed by atoms with Gasteiger partial charge in [-0.15, -0.1) is 0 Å². The van der Waals surface area contributed by atoms with Crippen molar-refractivity contribution in [3.05, 3.63) is 0 Å². The third-order valence-electron chi connectivity index (χ3n) is 1.51. The van der Waals surface area contributed by atoms with Gasteiger partial charge in [0.1, 0.15) is 0 Å². The van der Waals surface area contributed by atoms with E-state index in [0.29, 0.717) is 32.8 Å². The van der Waals surface area contributed by atoms with Crippen LogP contribution in [0, 0.1) is 0 Å². The summed E-state index contributed by atoms with van der Waals surface area (Å²) in [4.78, 5) is 10.5. The molecule has 0 aromatic heterocycles. The van der Waals surface area contributed by atoms with Crippen LogP contribution in [-0.4, -0.2) is 38.4 Å². The molecule has 78 valence electrons. The monoisotopic (exact) mass is 190 g/mol. The normalized spacial score (nSPS) is 12.8. The molecule has 0 bridgehead atoms. The Kier molecular flexibility index (Phi) is 7.57. The molecule has 1 unspecified atom stereocenters. The van der Waals surface area contributed by atoms with Crippen molar-refractivity contribution in [3.8, 4) is 0 Å². The molecule has 4 N–H and O–H groups in total. The fourth-order valence-corrected chi connectivity index (χ4v) is 0.717. The van der Waals surface area contributed by atoms with Crippen molar-refractivity contribution in [1.29, 1.82) is 0 Å². The van der Waals surface area contributed by atoms with Gasteiger partial charge in [-0.25, -0.2) is 0 Å². The van der Waals surface area contributed by atoms with Gasteiger partial charge in [-0.05, 0) is 13.3 Å². The molecule has 0 rings (SSSR count). The van der Waals surface area contributed by atoms with E-state index in [0.717, 1.165) is 0 Å². The molecule has 0 fully saturated rings. The van der Waals surface area contributed by atoms with Crippen LogP contribution in [0.15, 0.2) is 0 Å². The second kappa shape index (κ2) is 7.97. The first-order valence-corrected chi connectivity index (χ1v) is 4.38. The van der Waals surface area contributed by atoms with Crippen molar-refractivity contribution in [2.45, 2.75) is 19.4 Å². The van der Waals surface area contributed by atoms with Crippen LogP contribution in [0.5, 0.6) is 0 Å². The number of hydrogen-bond acceptors (Lipinski definition) is 4. The summed E-state index contributed by atoms with van der Waals surface area (Å²) in [6.45, 7) is 4.14. The molecule has 0 aromatic rings. The van der Waals surface area contributed by atoms with Crippen LogP contribution in [-0.2, 0) is 14.3 Å². The van der Waals surface area contributed by atoms with E-state index in [2.05, 4.69) is 0 Å². The Morgan fingerprint density at radius 1 is 1.31 bits per heavy atom. The summed E-state index contributed by atoms with van der Waals surface area (Å²) in [6, 6.07) is -0.605. The molecule has 0 saturated heterocycles. The number of amides is 1. The van der Waals surface area contributed by atoms with Crippen LogP contribution in [0.4, 0.5) is 0 Å². The van der Waals surface area contributed by atoms with Crippen molar-refractivity contribution in [1.82, 2.24) is 0 Å². The van der Waals surface area contributed by atoms with E-state index >= 15 is 0 Å². The fraction of sp³-hybridized carbons (Fsp3) is 0.875. The Bertz CT molecular complexity index is 141. The van der Waals surface area contributed by atoms with Gasteiger partial charge in [0.2, 0.25) is 5.91 Å². The topological polar surface area (TPSA) is 87.6 Å². The van der Waals surface area contributed by atoms with Gasteiger partial charge in [-0.3, -0.25) is 4.79 Å². The summed E-state index contributed by atoms with van der Waals surface area (Å²) in [7, 11) is 0. The number of ether oxygens (including phenoxy) is 2. The molecule has 1 atom stereocenters. The van der Waals surface area contributed by atoms with E-state index in [-0.39, 0.29) is 0 Å². The van der Waals surface area contributed by atoms with Gasteiger partial charge in [0, 0.05) is 13.2 Å². The van der Waals surface area contributed by atoms with Crippen LogP contribution in [0.2, 0.25) is 0 Å². The van der Waals surface area contributed by atoms with Crippen LogP contribution in [0.25, 0.3) is 0 Å². The fourth-order valence-electron chi connectivity index (χ4n) is 0.717. The molecule has 0 aliphatic rings. The Hall–Kier alpha value is -0.650. The highest BCUT2D eigenvalue weighted by Crippen LogP contribution is 1.88. The predicted molar refractivity (Wildman–Crippen MR) is 49.1 cm³/mol. The Labute approximate surface area is 78.4 Å². The number of carbonyl (C=O) groups excluding carboxylic acids is 1. The zero-order valence-electron chi connectivity index (χ0n) is 7.99. The van der Waals surface area contributed by atoms with E-state index in [1.165, 1.54) is 0 Å². The van der Waals surface area contributed by atoms with E-state index in [1.807, 2.05) is 6.92 Å². The largest absolute Gasteiger partial charge is 0.379 e. The maximum atomic E-state index is 10.5. The third-order valence-corrected chi connectivity index (χ3v) is 1.51. The predicted octanol–water partition coefficient (Wildman–Crippen LogP) is -0.758. The molecule has 0 aromatic carbocycles. The summed E-state index contributed by atoms with van der Waals surface area (Å²) in [5, 5.41) is 0. The second-order valence-electron chi connectivity index (χ2n) is 2.61. The van der Waals surface area contributed by atoms with Crippen molar-refractivity contribution >= 4 is 5.91 Å². The zero-order chi connectivity index (χ0) is 10.1. The average Bonchev–Trinajstić information content (AvgIpc) is 2.10. The Morgan fingerprint density at radius 3 is 2.46 bits per heavy atom. The van der Waals surface area contributed by atoms with Crippen molar-refractivity contribution in [2.24, 2.45) is 11.5 Å². The zero-order valence-corrected chi connectivity index (χ0v) is 7.99. The lowest BCUT2D eigenvalue weighted by Crippen LogP contribution is -2.37. The highest BCUT2D eigenvalue weighted by molar-refractivity contribution is 5.79. The van der Waals surface area contributed by atoms with Crippen molar-refractivity contribution in [3.63, 3.8) is 0 Å². The number of primary amides is 1. The molecule has 0 radical (unpaired) electrons. The molecular weight excluding hydrogens is 172 g/mol. The SMILES string of the molecule is CCOCCOCCC(N)C(N)=O. The molecule has 5 nitrogen and oxygen atoms in total. The maximum Gasteiger partial charge on any atom is 0.234 e. The molecule has 0 saturated carbocycles. The van der Waals surface area contributed by atoms with Crippen LogP contribution < -0.4 is 11.5 Å². The van der Waals surface area contributed by atoms with Crippen LogP contribution in [0.1, 0.15) is 13.3 Å². The first kappa shape index (κ1) is 12.3. The average molecular weight is 190 g/mol. The number of carbonyl (C=O) groups is 1. The molecule has 5 heteroatoms. The minimum absolute atomic E-state index is 0.442. The number of hydrogen-bond donors (Lipinski definition) is 2. The summed E-state index contributed by atoms with van der Waals surface area (Å²) in [5.41, 5.74) is 10.3. The molecule has 0 spiro atoms. The van der Waals surface area contributed by atoms with Crippen molar-refractivity contribution < 1.29 is 14.3 Å². The molecule has 13 heavy (non-hydrogen) atoms. The lowest BCUT2D eigenvalue weighted by atomic mass is 10.2. The highest BCUT2D eigenvalue weighted by Gasteiger charge is 2.07. The standard InChI is InChI=1S/C8H18N2O3/c1-2-12-5-6-13-4-3-7(9)8(10)11/h7H,2-6,9H2,1H3,(H2,10,11). The first-order valence-electron chi connectivity index (χ1n) is 4.38. The van der Waals surface area contributed by atoms with Crippen LogP contribution in [0.3, 0.4) is 0 Å². The molecule has 0 aliphatic carbocycles. The molecule has 0 aliphatic heterocycles. The van der Waals surface area contributed by atoms with Gasteiger partial charge in [-0.1, -0.05) is 0 Å². The van der Waals surface area contributed by atoms with E-state index in [9.17, 15) is 4.79 Å². The Morgan fingerprint density at radius 2 is 1.92 bits per heavy atom. The van der Waals surface area contributed by atoms with Crippen molar-refractivity contribution in [2.75, 3.05) is 26.4 Å². The van der Waals surface area contributed by atoms with E-state index in [4.69, 9.17) is 20.9 Å². The van der Waals surface area contributed by atoms with Gasteiger partial charge >= 0.3 is 0 Å². The van der Waals surface area contributed by atoms with E-state index < -0.39 is 11.9 Å². The summed E-state index contributed by atoms with van der Waals surface area (Å²) >= 11 is 0. The Balaban J connectivity index is 3.11. The minimum Gasteiger partial charge on any atom is -0.379 e. The quantitative estimate of drug-likeness (QED) is 0.492. The second-order valence-corrected chi connectivity index (χ2v) is 2.61. The highest BCUT2D eigenvalue weighted by atomic mass is 16.5. The smallest absolute Gasteiger partial charge is 0.234 e. The minimum atomic E-state index is -0.605. The van der Waals surface area contributed by atoms with Gasteiger partial charge < -0.3 is 20.9 Å². The summed E-state index contributed by atoms with van der Waals surface area (Å²) in [5.74, 6) is -0.492.